The molecule has 1 unspecified atom stereocenters. The summed E-state index contributed by atoms with van der Waals surface area (Å²) in [6, 6.07) is 0. The molecule has 1 radical (unpaired) electrons. The van der Waals surface area contributed by atoms with Gasteiger partial charge in [0.05, 0.1) is 0 Å². The van der Waals surface area contributed by atoms with Crippen LogP contribution in [0.3, 0.4) is 0 Å². The molecule has 0 bridgehead atoms. The van der Waals surface area contributed by atoms with Gasteiger partial charge in [0.2, 0.25) is 0 Å². The molecule has 1 heteroatoms. The molecule has 1 atom stereocenters. The lowest BCUT2D eigenvalue weighted by atomic mass is 10.3. The molecule has 0 aliphatic rings. The molecule has 0 aromatic rings. The molecule has 0 amide bonds. The quantitative estimate of drug-likeness (QED) is 0.547. The molecule has 43 valence electrons. The van der Waals surface area contributed by atoms with Gasteiger partial charge in [-0.3, -0.25) is 0 Å². The van der Waals surface area contributed by atoms with E-state index in [0.717, 1.165) is 5.25 Å². The van der Waals surface area contributed by atoms with Crippen molar-refractivity contribution in [2.45, 2.75) is 31.9 Å². The Balaban J connectivity index is 2.83. The van der Waals surface area contributed by atoms with Crippen LogP contribution in [0.15, 0.2) is 0 Å². The predicted octanol–water partition coefficient (Wildman–Crippen LogP) is 2.70. The van der Waals surface area contributed by atoms with E-state index in [2.05, 4.69) is 20.1 Å². The van der Waals surface area contributed by atoms with Crippen molar-refractivity contribution in [3.8, 4) is 0 Å². The van der Waals surface area contributed by atoms with Crippen LogP contribution in [0.25, 0.3) is 0 Å². The molecule has 0 spiro atoms. The van der Waals surface area contributed by atoms with Gasteiger partial charge in [0.25, 0.3) is 0 Å². The highest BCUT2D eigenvalue weighted by Gasteiger charge is 1.93. The molecule has 0 rings (SSSR count). The summed E-state index contributed by atoms with van der Waals surface area (Å²) in [6.45, 7) is 4.41. The number of hydrogen-bond donors (Lipinski definition) is 0. The third kappa shape index (κ3) is 4.20. The zero-order valence-corrected chi connectivity index (χ0v) is 5.92. The SMILES string of the molecule is [CH2]SC(C)CCC. The summed E-state index contributed by atoms with van der Waals surface area (Å²) < 4.78 is 0. The lowest BCUT2D eigenvalue weighted by Gasteiger charge is -2.02. The van der Waals surface area contributed by atoms with Crippen LogP contribution in [0.5, 0.6) is 0 Å². The highest BCUT2D eigenvalue weighted by molar-refractivity contribution is 8.01. The first-order chi connectivity index (χ1) is 3.31. The van der Waals surface area contributed by atoms with Crippen molar-refractivity contribution in [2.24, 2.45) is 0 Å². The average molecular weight is 117 g/mol. The Morgan fingerprint density at radius 1 is 1.71 bits per heavy atom. The van der Waals surface area contributed by atoms with Gasteiger partial charge in [-0.05, 0) is 6.42 Å². The van der Waals surface area contributed by atoms with Crippen LogP contribution in [-0.2, 0) is 0 Å². The molecule has 7 heavy (non-hydrogen) atoms. The Morgan fingerprint density at radius 2 is 2.29 bits per heavy atom. The molecular formula is C6H13S. The zero-order valence-electron chi connectivity index (χ0n) is 5.11. The predicted molar refractivity (Wildman–Crippen MR) is 37.3 cm³/mol. The smallest absolute Gasteiger partial charge is 0.00263 e. The van der Waals surface area contributed by atoms with Crippen molar-refractivity contribution in [2.75, 3.05) is 0 Å². The second kappa shape index (κ2) is 4.51. The average Bonchev–Trinajstić information content (AvgIpc) is 1.68. The minimum atomic E-state index is 0.755. The van der Waals surface area contributed by atoms with Crippen molar-refractivity contribution in [1.29, 1.82) is 0 Å². The maximum absolute atomic E-state index is 3.72. The first kappa shape index (κ1) is 7.35. The molecule has 0 saturated heterocycles. The van der Waals surface area contributed by atoms with Gasteiger partial charge in [0.1, 0.15) is 0 Å². The van der Waals surface area contributed by atoms with Crippen LogP contribution in [-0.4, -0.2) is 5.25 Å². The van der Waals surface area contributed by atoms with Crippen molar-refractivity contribution in [3.05, 3.63) is 6.26 Å². The molecule has 0 aliphatic carbocycles. The van der Waals surface area contributed by atoms with Gasteiger partial charge in [-0.2, -0.15) is 11.8 Å². The second-order valence-electron chi connectivity index (χ2n) is 1.77. The summed E-state index contributed by atoms with van der Waals surface area (Å²) in [6.07, 6.45) is 6.30. The number of hydrogen-bond acceptors (Lipinski definition) is 1. The Morgan fingerprint density at radius 3 is 2.43 bits per heavy atom. The molecule has 0 nitrogen and oxygen atoms in total. The molecule has 0 aliphatic heterocycles. The van der Waals surface area contributed by atoms with Crippen LogP contribution in [0.4, 0.5) is 0 Å². The Bertz CT molecular complexity index is 35.2. The topological polar surface area (TPSA) is 0 Å². The van der Waals surface area contributed by atoms with E-state index in [-0.39, 0.29) is 0 Å². The van der Waals surface area contributed by atoms with E-state index >= 15 is 0 Å². The lowest BCUT2D eigenvalue weighted by Crippen LogP contribution is -1.90. The minimum absolute atomic E-state index is 0.755. The van der Waals surface area contributed by atoms with Crippen LogP contribution in [0, 0.1) is 6.26 Å². The fraction of sp³-hybridized carbons (Fsp3) is 0.833. The first-order valence-electron chi connectivity index (χ1n) is 2.72. The lowest BCUT2D eigenvalue weighted by molar-refractivity contribution is 0.789. The highest BCUT2D eigenvalue weighted by atomic mass is 32.2. The fourth-order valence-corrected chi connectivity index (χ4v) is 0.892. The molecule has 0 heterocycles. The molecule has 0 N–H and O–H groups in total. The van der Waals surface area contributed by atoms with Crippen LogP contribution < -0.4 is 0 Å². The summed E-state index contributed by atoms with van der Waals surface area (Å²) in [5.74, 6) is 0. The zero-order chi connectivity index (χ0) is 5.70. The van der Waals surface area contributed by atoms with Crippen LogP contribution in [0.1, 0.15) is 26.7 Å². The van der Waals surface area contributed by atoms with Crippen LogP contribution in [0.2, 0.25) is 0 Å². The maximum atomic E-state index is 3.72. The van der Waals surface area contributed by atoms with Crippen molar-refractivity contribution >= 4 is 11.8 Å². The third-order valence-corrected chi connectivity index (χ3v) is 1.78. The van der Waals surface area contributed by atoms with Gasteiger partial charge < -0.3 is 0 Å². The summed E-state index contributed by atoms with van der Waals surface area (Å²) >= 11 is 1.70. The largest absolute Gasteiger partial charge is 0.158 e. The summed E-state index contributed by atoms with van der Waals surface area (Å²) in [4.78, 5) is 0. The van der Waals surface area contributed by atoms with E-state index in [1.54, 1.807) is 11.8 Å². The maximum Gasteiger partial charge on any atom is 0.00263 e. The van der Waals surface area contributed by atoms with E-state index in [4.69, 9.17) is 0 Å². The molecule has 0 saturated carbocycles. The van der Waals surface area contributed by atoms with E-state index in [0.29, 0.717) is 0 Å². The van der Waals surface area contributed by atoms with E-state index < -0.39 is 0 Å². The number of rotatable bonds is 3. The summed E-state index contributed by atoms with van der Waals surface area (Å²) in [5.41, 5.74) is 0. The second-order valence-corrected chi connectivity index (χ2v) is 2.90. The monoisotopic (exact) mass is 117 g/mol. The highest BCUT2D eigenvalue weighted by Crippen LogP contribution is 2.12. The Labute approximate surface area is 50.7 Å². The van der Waals surface area contributed by atoms with Gasteiger partial charge in [-0.25, -0.2) is 0 Å². The third-order valence-electron chi connectivity index (χ3n) is 0.980. The van der Waals surface area contributed by atoms with E-state index in [1.165, 1.54) is 12.8 Å². The summed E-state index contributed by atoms with van der Waals surface area (Å²) in [7, 11) is 0. The van der Waals surface area contributed by atoms with Crippen molar-refractivity contribution < 1.29 is 0 Å². The molecular weight excluding hydrogens is 104 g/mol. The standard InChI is InChI=1S/C6H13S/c1-4-5-6(2)7-3/h6H,3-5H2,1-2H3. The molecule has 0 fully saturated rings. The van der Waals surface area contributed by atoms with Crippen LogP contribution >= 0.6 is 11.8 Å². The van der Waals surface area contributed by atoms with Gasteiger partial charge in [-0.1, -0.05) is 20.3 Å². The Kier molecular flexibility index (Phi) is 4.73. The van der Waals surface area contributed by atoms with Crippen molar-refractivity contribution in [3.63, 3.8) is 0 Å². The summed E-state index contributed by atoms with van der Waals surface area (Å²) in [5, 5.41) is 0.755. The van der Waals surface area contributed by atoms with Gasteiger partial charge in [0.15, 0.2) is 0 Å². The normalized spacial score (nSPS) is 14.1. The fourth-order valence-electron chi connectivity index (χ4n) is 0.490. The van der Waals surface area contributed by atoms with E-state index in [9.17, 15) is 0 Å². The van der Waals surface area contributed by atoms with E-state index in [1.807, 2.05) is 0 Å². The van der Waals surface area contributed by atoms with Gasteiger partial charge in [-0.15, -0.1) is 0 Å². The van der Waals surface area contributed by atoms with Gasteiger partial charge in [0, 0.05) is 11.5 Å². The minimum Gasteiger partial charge on any atom is -0.158 e. The Hall–Kier alpha value is 0.350. The van der Waals surface area contributed by atoms with Gasteiger partial charge >= 0.3 is 0 Å². The molecule has 0 aromatic carbocycles. The van der Waals surface area contributed by atoms with Crippen molar-refractivity contribution in [1.82, 2.24) is 0 Å². The number of thioether (sulfide) groups is 1. The first-order valence-corrected chi connectivity index (χ1v) is 3.77. The molecule has 0 aromatic heterocycles.